The van der Waals surface area contributed by atoms with Crippen LogP contribution in [0.3, 0.4) is 0 Å². The Morgan fingerprint density at radius 3 is 2.46 bits per heavy atom. The molecule has 1 aliphatic rings. The second kappa shape index (κ2) is 4.39. The summed E-state index contributed by atoms with van der Waals surface area (Å²) in [6, 6.07) is 0.285. The summed E-state index contributed by atoms with van der Waals surface area (Å²) in [5.41, 5.74) is 5.29. The first-order chi connectivity index (χ1) is 6.11. The Morgan fingerprint density at radius 1 is 1.46 bits per heavy atom. The number of hydrogen-bond acceptors (Lipinski definition) is 3. The van der Waals surface area contributed by atoms with Crippen molar-refractivity contribution in [3.63, 3.8) is 0 Å². The molecule has 0 radical (unpaired) electrons. The molecule has 0 amide bonds. The van der Waals surface area contributed by atoms with E-state index in [0.29, 0.717) is 19.5 Å². The first kappa shape index (κ1) is 10.9. The Labute approximate surface area is 80.1 Å². The van der Waals surface area contributed by atoms with Gasteiger partial charge in [-0.15, -0.1) is 0 Å². The lowest BCUT2D eigenvalue weighted by Gasteiger charge is -2.19. The summed E-state index contributed by atoms with van der Waals surface area (Å²) in [6.07, 6.45) is 2.61. The van der Waals surface area contributed by atoms with Crippen LogP contribution in [0.4, 0.5) is 0 Å². The van der Waals surface area contributed by atoms with Crippen LogP contribution >= 0.6 is 0 Å². The molecule has 0 heterocycles. The molecule has 0 aromatic heterocycles. The van der Waals surface area contributed by atoms with Gasteiger partial charge in [0.15, 0.2) is 0 Å². The summed E-state index contributed by atoms with van der Waals surface area (Å²) in [6.45, 7) is 2.93. The fraction of sp³-hybridized carbons (Fsp3) is 1.00. The molecule has 2 N–H and O–H groups in total. The van der Waals surface area contributed by atoms with E-state index in [9.17, 15) is 8.42 Å². The topological polar surface area (TPSA) is 63.4 Å². The van der Waals surface area contributed by atoms with Crippen molar-refractivity contribution in [2.24, 2.45) is 5.73 Å². The smallest absolute Gasteiger partial charge is 0.214 e. The Bertz CT molecular complexity index is 247. The monoisotopic (exact) mass is 206 g/mol. The SMILES string of the molecule is CCN(C1CC1)S(=O)(=O)CCCN. The minimum absolute atomic E-state index is 0.202. The molecule has 0 unspecified atom stereocenters. The predicted molar refractivity (Wildman–Crippen MR) is 52.9 cm³/mol. The maximum atomic E-state index is 11.7. The number of hydrogen-bond donors (Lipinski definition) is 1. The van der Waals surface area contributed by atoms with E-state index >= 15 is 0 Å². The van der Waals surface area contributed by atoms with Gasteiger partial charge < -0.3 is 5.73 Å². The minimum Gasteiger partial charge on any atom is -0.330 e. The molecule has 1 aliphatic carbocycles. The summed E-state index contributed by atoms with van der Waals surface area (Å²) in [5, 5.41) is 0. The molecule has 0 saturated heterocycles. The first-order valence-electron chi connectivity index (χ1n) is 4.81. The van der Waals surface area contributed by atoms with Gasteiger partial charge in [0.05, 0.1) is 5.75 Å². The highest BCUT2D eigenvalue weighted by molar-refractivity contribution is 7.89. The van der Waals surface area contributed by atoms with Gasteiger partial charge in [0.25, 0.3) is 0 Å². The first-order valence-corrected chi connectivity index (χ1v) is 6.42. The van der Waals surface area contributed by atoms with Crippen molar-refractivity contribution < 1.29 is 8.42 Å². The average Bonchev–Trinajstić information content (AvgIpc) is 2.86. The van der Waals surface area contributed by atoms with E-state index in [0.717, 1.165) is 12.8 Å². The van der Waals surface area contributed by atoms with Gasteiger partial charge in [-0.1, -0.05) is 6.92 Å². The van der Waals surface area contributed by atoms with Crippen molar-refractivity contribution >= 4 is 10.0 Å². The van der Waals surface area contributed by atoms with E-state index < -0.39 is 10.0 Å². The highest BCUT2D eigenvalue weighted by Crippen LogP contribution is 2.29. The van der Waals surface area contributed by atoms with Crippen LogP contribution in [0.5, 0.6) is 0 Å². The Hall–Kier alpha value is -0.130. The Morgan fingerprint density at radius 2 is 2.08 bits per heavy atom. The average molecular weight is 206 g/mol. The normalized spacial score (nSPS) is 18.1. The summed E-state index contributed by atoms with van der Waals surface area (Å²) in [7, 11) is -3.02. The van der Waals surface area contributed by atoms with E-state index in [1.165, 1.54) is 0 Å². The van der Waals surface area contributed by atoms with Crippen molar-refractivity contribution in [2.75, 3.05) is 18.8 Å². The summed E-state index contributed by atoms with van der Waals surface area (Å²) in [5.74, 6) is 0.202. The predicted octanol–water partition coefficient (Wildman–Crippen LogP) is 0.149. The molecular weight excluding hydrogens is 188 g/mol. The summed E-state index contributed by atoms with van der Waals surface area (Å²) >= 11 is 0. The van der Waals surface area contributed by atoms with Crippen LogP contribution in [-0.2, 0) is 10.0 Å². The van der Waals surface area contributed by atoms with E-state index in [1.807, 2.05) is 6.92 Å². The number of nitrogens with two attached hydrogens (primary N) is 1. The van der Waals surface area contributed by atoms with Gasteiger partial charge in [-0.05, 0) is 25.8 Å². The maximum absolute atomic E-state index is 11.7. The highest BCUT2D eigenvalue weighted by atomic mass is 32.2. The van der Waals surface area contributed by atoms with Crippen molar-refractivity contribution in [1.82, 2.24) is 4.31 Å². The number of nitrogens with zero attached hydrogens (tertiary/aromatic N) is 1. The van der Waals surface area contributed by atoms with E-state index in [2.05, 4.69) is 0 Å². The van der Waals surface area contributed by atoms with Gasteiger partial charge in [-0.25, -0.2) is 8.42 Å². The van der Waals surface area contributed by atoms with Crippen molar-refractivity contribution in [2.45, 2.75) is 32.2 Å². The molecule has 0 aromatic rings. The largest absolute Gasteiger partial charge is 0.330 e. The lowest BCUT2D eigenvalue weighted by molar-refractivity contribution is 0.420. The fourth-order valence-electron chi connectivity index (χ4n) is 1.43. The fourth-order valence-corrected chi connectivity index (χ4v) is 3.25. The van der Waals surface area contributed by atoms with Crippen LogP contribution in [0.1, 0.15) is 26.2 Å². The highest BCUT2D eigenvalue weighted by Gasteiger charge is 2.35. The van der Waals surface area contributed by atoms with Crippen molar-refractivity contribution in [3.05, 3.63) is 0 Å². The van der Waals surface area contributed by atoms with Crippen LogP contribution in [0.2, 0.25) is 0 Å². The zero-order chi connectivity index (χ0) is 9.90. The second-order valence-electron chi connectivity index (χ2n) is 3.39. The molecule has 78 valence electrons. The van der Waals surface area contributed by atoms with Gasteiger partial charge in [0.2, 0.25) is 10.0 Å². The van der Waals surface area contributed by atoms with Crippen molar-refractivity contribution in [1.29, 1.82) is 0 Å². The maximum Gasteiger partial charge on any atom is 0.214 e. The molecule has 0 bridgehead atoms. The molecule has 1 rings (SSSR count). The third kappa shape index (κ3) is 2.93. The van der Waals surface area contributed by atoms with E-state index in [-0.39, 0.29) is 11.8 Å². The molecule has 4 nitrogen and oxygen atoms in total. The van der Waals surface area contributed by atoms with E-state index in [4.69, 9.17) is 5.73 Å². The summed E-state index contributed by atoms with van der Waals surface area (Å²) < 4.78 is 25.0. The molecule has 1 saturated carbocycles. The van der Waals surface area contributed by atoms with Gasteiger partial charge in [0, 0.05) is 12.6 Å². The summed E-state index contributed by atoms with van der Waals surface area (Å²) in [4.78, 5) is 0. The molecule has 0 atom stereocenters. The number of rotatable bonds is 6. The van der Waals surface area contributed by atoms with Gasteiger partial charge in [0.1, 0.15) is 0 Å². The van der Waals surface area contributed by atoms with Gasteiger partial charge in [-0.3, -0.25) is 0 Å². The quantitative estimate of drug-likeness (QED) is 0.673. The standard InChI is InChI=1S/C8H18N2O2S/c1-2-10(8-4-5-8)13(11,12)7-3-6-9/h8H,2-7,9H2,1H3. The number of sulfonamides is 1. The molecule has 0 aliphatic heterocycles. The zero-order valence-corrected chi connectivity index (χ0v) is 8.89. The Kier molecular flexibility index (Phi) is 3.70. The molecule has 0 spiro atoms. The lowest BCUT2D eigenvalue weighted by Crippen LogP contribution is -2.35. The molecule has 13 heavy (non-hydrogen) atoms. The van der Waals surface area contributed by atoms with Gasteiger partial charge in [-0.2, -0.15) is 4.31 Å². The third-order valence-corrected chi connectivity index (χ3v) is 4.31. The third-order valence-electron chi connectivity index (χ3n) is 2.23. The van der Waals surface area contributed by atoms with Crippen LogP contribution in [0, 0.1) is 0 Å². The second-order valence-corrected chi connectivity index (χ2v) is 5.43. The zero-order valence-electron chi connectivity index (χ0n) is 8.07. The van der Waals surface area contributed by atoms with Crippen LogP contribution < -0.4 is 5.73 Å². The van der Waals surface area contributed by atoms with E-state index in [1.54, 1.807) is 4.31 Å². The van der Waals surface area contributed by atoms with Crippen LogP contribution in [-0.4, -0.2) is 37.6 Å². The van der Waals surface area contributed by atoms with Crippen molar-refractivity contribution in [3.8, 4) is 0 Å². The lowest BCUT2D eigenvalue weighted by atomic mass is 10.5. The van der Waals surface area contributed by atoms with Crippen LogP contribution in [0.15, 0.2) is 0 Å². The molecule has 5 heteroatoms. The minimum atomic E-state index is -3.02. The van der Waals surface area contributed by atoms with Crippen LogP contribution in [0.25, 0.3) is 0 Å². The molecule has 1 fully saturated rings. The van der Waals surface area contributed by atoms with Gasteiger partial charge >= 0.3 is 0 Å². The molecular formula is C8H18N2O2S. The Balaban J connectivity index is 2.54. The molecule has 0 aromatic carbocycles.